The number of aromatic nitrogens is 2. The highest BCUT2D eigenvalue weighted by atomic mass is 35.5. The first-order valence-electron chi connectivity index (χ1n) is 6.32. The summed E-state index contributed by atoms with van der Waals surface area (Å²) in [6.45, 7) is 0. The second-order valence-corrected chi connectivity index (χ2v) is 4.56. The molecule has 7 heteroatoms. The number of esters is 1. The van der Waals surface area contributed by atoms with E-state index in [2.05, 4.69) is 9.97 Å². The lowest BCUT2D eigenvalue weighted by Gasteiger charge is -2.14. The van der Waals surface area contributed by atoms with Crippen LogP contribution in [0, 0.1) is 0 Å². The van der Waals surface area contributed by atoms with Crippen molar-refractivity contribution in [3.8, 4) is 11.5 Å². The summed E-state index contributed by atoms with van der Waals surface area (Å²) in [5, 5.41) is 0.284. The van der Waals surface area contributed by atoms with Crippen LogP contribution >= 0.6 is 11.6 Å². The monoisotopic (exact) mass is 322 g/mol. The number of benzene rings is 1. The maximum absolute atomic E-state index is 12.1. The molecule has 2 aromatic rings. The Morgan fingerprint density at radius 1 is 1.23 bits per heavy atom. The number of methoxy groups -OCH3 is 3. The minimum Gasteiger partial charge on any atom is -0.496 e. The fourth-order valence-corrected chi connectivity index (χ4v) is 2.23. The van der Waals surface area contributed by atoms with Crippen molar-refractivity contribution in [3.63, 3.8) is 0 Å². The molecule has 22 heavy (non-hydrogen) atoms. The third kappa shape index (κ3) is 3.07. The van der Waals surface area contributed by atoms with Gasteiger partial charge >= 0.3 is 5.97 Å². The lowest BCUT2D eigenvalue weighted by molar-refractivity contribution is 0.0597. The Bertz CT molecular complexity index is 696. The number of hydrogen-bond acceptors (Lipinski definition) is 5. The van der Waals surface area contributed by atoms with Gasteiger partial charge in [-0.25, -0.2) is 9.78 Å². The molecule has 2 rings (SSSR count). The van der Waals surface area contributed by atoms with Gasteiger partial charge in [0.25, 0.3) is 0 Å². The zero-order chi connectivity index (χ0) is 16.1. The first-order valence-corrected chi connectivity index (χ1v) is 6.70. The van der Waals surface area contributed by atoms with E-state index in [-0.39, 0.29) is 10.6 Å². The molecule has 116 valence electrons. The molecular formula is C15H15ClN2O4. The number of nitrogens with one attached hydrogen (secondary N) is 1. The zero-order valence-corrected chi connectivity index (χ0v) is 13.1. The number of H-pyrrole nitrogens is 1. The highest BCUT2D eigenvalue weighted by molar-refractivity contribution is 6.34. The van der Waals surface area contributed by atoms with Gasteiger partial charge in [-0.3, -0.25) is 0 Å². The fourth-order valence-electron chi connectivity index (χ4n) is 1.94. The van der Waals surface area contributed by atoms with Gasteiger partial charge in [0, 0.05) is 24.0 Å². The standard InChI is InChI=1S/C15H15ClN2O4/c1-20-10-8-11(21-2)14(16)9(13(10)15(19)22-3)4-5-12-17-6-7-18-12/h4-8H,1-3H3,(H,17,18)/b5-4+. The Balaban J connectivity index is 2.63. The topological polar surface area (TPSA) is 73.4 Å². The van der Waals surface area contributed by atoms with Crippen LogP contribution in [0.5, 0.6) is 11.5 Å². The minimum atomic E-state index is -0.555. The van der Waals surface area contributed by atoms with Crippen LogP contribution in [0.3, 0.4) is 0 Å². The summed E-state index contributed by atoms with van der Waals surface area (Å²) in [5.74, 6) is 0.770. The molecule has 0 amide bonds. The Labute approximate surface area is 132 Å². The van der Waals surface area contributed by atoms with Crippen molar-refractivity contribution in [2.75, 3.05) is 21.3 Å². The van der Waals surface area contributed by atoms with E-state index in [1.54, 1.807) is 30.6 Å². The lowest BCUT2D eigenvalue weighted by Crippen LogP contribution is -2.08. The Morgan fingerprint density at radius 3 is 2.50 bits per heavy atom. The van der Waals surface area contributed by atoms with E-state index in [1.165, 1.54) is 21.3 Å². The summed E-state index contributed by atoms with van der Waals surface area (Å²) in [5.41, 5.74) is 0.653. The van der Waals surface area contributed by atoms with E-state index >= 15 is 0 Å². The number of carbonyl (C=O) groups is 1. The van der Waals surface area contributed by atoms with Gasteiger partial charge < -0.3 is 19.2 Å². The number of rotatable bonds is 5. The number of ether oxygens (including phenoxy) is 3. The van der Waals surface area contributed by atoms with Crippen LogP contribution in [-0.4, -0.2) is 37.3 Å². The summed E-state index contributed by atoms with van der Waals surface area (Å²) in [6, 6.07) is 1.54. The molecule has 1 heterocycles. The minimum absolute atomic E-state index is 0.221. The molecule has 6 nitrogen and oxygen atoms in total. The average Bonchev–Trinajstić information content (AvgIpc) is 3.05. The van der Waals surface area contributed by atoms with Crippen molar-refractivity contribution < 1.29 is 19.0 Å². The van der Waals surface area contributed by atoms with Gasteiger partial charge in [-0.05, 0) is 12.2 Å². The molecular weight excluding hydrogens is 308 g/mol. The highest BCUT2D eigenvalue weighted by Crippen LogP contribution is 2.38. The number of halogens is 1. The van der Waals surface area contributed by atoms with Gasteiger partial charge in [0.1, 0.15) is 22.9 Å². The fraction of sp³-hybridized carbons (Fsp3) is 0.200. The molecule has 1 N–H and O–H groups in total. The van der Waals surface area contributed by atoms with Crippen LogP contribution in [0.25, 0.3) is 12.2 Å². The van der Waals surface area contributed by atoms with Crippen LogP contribution in [0.1, 0.15) is 21.7 Å². The van der Waals surface area contributed by atoms with Crippen molar-refractivity contribution in [2.24, 2.45) is 0 Å². The van der Waals surface area contributed by atoms with Gasteiger partial charge in [0.2, 0.25) is 0 Å². The van der Waals surface area contributed by atoms with E-state index in [0.717, 1.165) is 0 Å². The predicted molar refractivity (Wildman–Crippen MR) is 83.4 cm³/mol. The molecule has 0 aliphatic carbocycles. The van der Waals surface area contributed by atoms with Gasteiger partial charge in [0.05, 0.1) is 26.4 Å². The van der Waals surface area contributed by atoms with Crippen molar-refractivity contribution >= 4 is 29.7 Å². The van der Waals surface area contributed by atoms with E-state index in [4.69, 9.17) is 25.8 Å². The van der Waals surface area contributed by atoms with Crippen molar-refractivity contribution in [1.29, 1.82) is 0 Å². The molecule has 0 radical (unpaired) electrons. The first-order chi connectivity index (χ1) is 10.6. The van der Waals surface area contributed by atoms with Crippen LogP contribution in [-0.2, 0) is 4.74 Å². The van der Waals surface area contributed by atoms with Crippen LogP contribution < -0.4 is 9.47 Å². The van der Waals surface area contributed by atoms with E-state index in [9.17, 15) is 4.79 Å². The maximum atomic E-state index is 12.1. The third-order valence-corrected chi connectivity index (χ3v) is 3.38. The normalized spacial score (nSPS) is 10.7. The van der Waals surface area contributed by atoms with E-state index < -0.39 is 5.97 Å². The summed E-state index contributed by atoms with van der Waals surface area (Å²) < 4.78 is 15.3. The molecule has 0 saturated carbocycles. The Kier molecular flexibility index (Phi) is 5.06. The van der Waals surface area contributed by atoms with Crippen molar-refractivity contribution in [1.82, 2.24) is 9.97 Å². The molecule has 0 saturated heterocycles. The largest absolute Gasteiger partial charge is 0.496 e. The van der Waals surface area contributed by atoms with Crippen molar-refractivity contribution in [2.45, 2.75) is 0 Å². The zero-order valence-electron chi connectivity index (χ0n) is 12.3. The maximum Gasteiger partial charge on any atom is 0.342 e. The van der Waals surface area contributed by atoms with E-state index in [0.29, 0.717) is 22.9 Å². The molecule has 0 bridgehead atoms. The molecule has 0 aliphatic heterocycles. The summed E-state index contributed by atoms with van der Waals surface area (Å²) >= 11 is 6.31. The van der Waals surface area contributed by atoms with E-state index in [1.807, 2.05) is 0 Å². The number of nitrogens with zero attached hydrogens (tertiary/aromatic N) is 1. The number of carbonyl (C=O) groups excluding carboxylic acids is 1. The predicted octanol–water partition coefficient (Wildman–Crippen LogP) is 3.04. The number of hydrogen-bond donors (Lipinski definition) is 1. The van der Waals surface area contributed by atoms with Gasteiger partial charge in [-0.1, -0.05) is 11.6 Å². The van der Waals surface area contributed by atoms with Crippen LogP contribution in [0.4, 0.5) is 0 Å². The molecule has 0 aliphatic rings. The first kappa shape index (κ1) is 15.9. The summed E-state index contributed by atoms with van der Waals surface area (Å²) in [7, 11) is 4.23. The van der Waals surface area contributed by atoms with Gasteiger partial charge in [-0.15, -0.1) is 0 Å². The average molecular weight is 323 g/mol. The molecule has 1 aromatic carbocycles. The second kappa shape index (κ2) is 7.00. The Morgan fingerprint density at radius 2 is 1.95 bits per heavy atom. The molecule has 1 aromatic heterocycles. The van der Waals surface area contributed by atoms with Crippen molar-refractivity contribution in [3.05, 3.63) is 40.4 Å². The summed E-state index contributed by atoms with van der Waals surface area (Å²) in [6.07, 6.45) is 6.65. The SMILES string of the molecule is COC(=O)c1c(OC)cc(OC)c(Cl)c1/C=C/c1ncc[nH]1. The van der Waals surface area contributed by atoms with Crippen LogP contribution in [0.2, 0.25) is 5.02 Å². The third-order valence-electron chi connectivity index (χ3n) is 2.99. The van der Waals surface area contributed by atoms with Crippen LogP contribution in [0.15, 0.2) is 18.5 Å². The molecule has 0 fully saturated rings. The molecule has 0 atom stereocenters. The van der Waals surface area contributed by atoms with Gasteiger partial charge in [-0.2, -0.15) is 0 Å². The Hall–Kier alpha value is -2.47. The summed E-state index contributed by atoms with van der Waals surface area (Å²) in [4.78, 5) is 19.1. The highest BCUT2D eigenvalue weighted by Gasteiger charge is 2.22. The number of imidazole rings is 1. The molecule has 0 unspecified atom stereocenters. The smallest absolute Gasteiger partial charge is 0.342 e. The van der Waals surface area contributed by atoms with Gasteiger partial charge in [0.15, 0.2) is 0 Å². The lowest BCUT2D eigenvalue weighted by atomic mass is 10.0. The molecule has 0 spiro atoms. The second-order valence-electron chi connectivity index (χ2n) is 4.18. The number of aromatic amines is 1. The quantitative estimate of drug-likeness (QED) is 0.856.